The highest BCUT2D eigenvalue weighted by molar-refractivity contribution is 5.95. The zero-order valence-corrected chi connectivity index (χ0v) is 17.5. The van der Waals surface area contributed by atoms with Crippen LogP contribution in [0.15, 0.2) is 53.5 Å². The number of hydrogen-bond acceptors (Lipinski definition) is 6. The molecule has 2 aromatic heterocycles. The molecule has 33 heavy (non-hydrogen) atoms. The lowest BCUT2D eigenvalue weighted by atomic mass is 10.1. The molecule has 0 bridgehead atoms. The average Bonchev–Trinajstić information content (AvgIpc) is 2.78. The van der Waals surface area contributed by atoms with Gasteiger partial charge in [0, 0.05) is 37.0 Å². The number of nitrogens with zero attached hydrogens (tertiary/aromatic N) is 4. The highest BCUT2D eigenvalue weighted by Crippen LogP contribution is 2.30. The van der Waals surface area contributed by atoms with Crippen molar-refractivity contribution < 1.29 is 27.4 Å². The Morgan fingerprint density at radius 1 is 1.18 bits per heavy atom. The summed E-state index contributed by atoms with van der Waals surface area (Å²) in [7, 11) is 1.40. The van der Waals surface area contributed by atoms with E-state index in [0.29, 0.717) is 11.3 Å². The van der Waals surface area contributed by atoms with Gasteiger partial charge in [0.2, 0.25) is 0 Å². The molecule has 1 aliphatic heterocycles. The zero-order valence-electron chi connectivity index (χ0n) is 17.5. The summed E-state index contributed by atoms with van der Waals surface area (Å²) >= 11 is 0. The first-order valence-electron chi connectivity index (χ1n) is 9.96. The second-order valence-electron chi connectivity index (χ2n) is 7.26. The van der Waals surface area contributed by atoms with E-state index in [1.165, 1.54) is 65.4 Å². The average molecular weight is 460 g/mol. The van der Waals surface area contributed by atoms with Crippen LogP contribution in [0, 0.1) is 5.82 Å². The third kappa shape index (κ3) is 4.66. The van der Waals surface area contributed by atoms with Crippen molar-refractivity contribution in [3.05, 3.63) is 70.5 Å². The van der Waals surface area contributed by atoms with Gasteiger partial charge < -0.3 is 14.4 Å². The molecule has 0 aliphatic carbocycles. The Balaban J connectivity index is 1.52. The molecule has 172 valence electrons. The van der Waals surface area contributed by atoms with E-state index in [1.807, 2.05) is 0 Å². The maximum Gasteiger partial charge on any atom is 0.276 e. The second kappa shape index (κ2) is 9.31. The van der Waals surface area contributed by atoms with E-state index in [0.717, 1.165) is 0 Å². The Kier molecular flexibility index (Phi) is 6.29. The van der Waals surface area contributed by atoms with E-state index in [9.17, 15) is 22.8 Å². The zero-order chi connectivity index (χ0) is 23.5. The molecule has 0 N–H and O–H groups in total. The van der Waals surface area contributed by atoms with Crippen molar-refractivity contribution in [2.75, 3.05) is 26.8 Å². The molecule has 0 unspecified atom stereocenters. The lowest BCUT2D eigenvalue weighted by Gasteiger charge is -2.39. The molecule has 8 nitrogen and oxygen atoms in total. The number of aromatic nitrogens is 3. The van der Waals surface area contributed by atoms with Crippen LogP contribution in [0.2, 0.25) is 0 Å². The third-order valence-corrected chi connectivity index (χ3v) is 5.10. The number of carbonyl (C=O) groups is 1. The van der Waals surface area contributed by atoms with Crippen molar-refractivity contribution in [3.8, 4) is 22.8 Å². The summed E-state index contributed by atoms with van der Waals surface area (Å²) in [6.45, 7) is -0.519. The van der Waals surface area contributed by atoms with E-state index in [-0.39, 0.29) is 35.8 Å². The minimum atomic E-state index is -2.69. The number of amides is 1. The van der Waals surface area contributed by atoms with Crippen LogP contribution in [-0.4, -0.2) is 58.8 Å². The van der Waals surface area contributed by atoms with Crippen LogP contribution >= 0.6 is 0 Å². The van der Waals surface area contributed by atoms with E-state index < -0.39 is 30.8 Å². The fourth-order valence-electron chi connectivity index (χ4n) is 3.45. The number of benzene rings is 1. The van der Waals surface area contributed by atoms with Crippen LogP contribution < -0.4 is 15.0 Å². The molecular formula is C22H19F3N4O4. The van der Waals surface area contributed by atoms with E-state index in [4.69, 9.17) is 9.47 Å². The molecule has 3 heterocycles. The van der Waals surface area contributed by atoms with Gasteiger partial charge in [-0.3, -0.25) is 9.59 Å². The van der Waals surface area contributed by atoms with E-state index in [1.54, 1.807) is 0 Å². The molecule has 3 aromatic rings. The summed E-state index contributed by atoms with van der Waals surface area (Å²) < 4.78 is 49.9. The van der Waals surface area contributed by atoms with Crippen LogP contribution in [0.4, 0.5) is 13.2 Å². The molecule has 0 saturated carbocycles. The lowest BCUT2D eigenvalue weighted by Crippen LogP contribution is -2.53. The highest BCUT2D eigenvalue weighted by atomic mass is 19.3. The number of likely N-dealkylation sites (tertiary alicyclic amines) is 1. The van der Waals surface area contributed by atoms with Crippen LogP contribution in [0.1, 0.15) is 16.5 Å². The van der Waals surface area contributed by atoms with E-state index in [2.05, 4.69) is 10.1 Å². The lowest BCUT2D eigenvalue weighted by molar-refractivity contribution is 0.0472. The number of carbonyl (C=O) groups excluding carboxylic acids is 1. The molecule has 0 spiro atoms. The summed E-state index contributed by atoms with van der Waals surface area (Å²) in [5.74, 6) is -0.736. The number of methoxy groups -OCH3 is 1. The van der Waals surface area contributed by atoms with Gasteiger partial charge in [0.05, 0.1) is 18.8 Å². The summed E-state index contributed by atoms with van der Waals surface area (Å²) in [5.41, 5.74) is 0.468. The highest BCUT2D eigenvalue weighted by Gasteiger charge is 2.35. The van der Waals surface area contributed by atoms with Gasteiger partial charge in [0.25, 0.3) is 17.9 Å². The minimum Gasteiger partial charge on any atom is -0.496 e. The second-order valence-corrected chi connectivity index (χ2v) is 7.26. The van der Waals surface area contributed by atoms with Crippen molar-refractivity contribution in [2.45, 2.75) is 12.5 Å². The topological polar surface area (TPSA) is 86.6 Å². The normalized spacial score (nSPS) is 13.7. The van der Waals surface area contributed by atoms with Crippen LogP contribution in [0.3, 0.4) is 0 Å². The molecular weight excluding hydrogens is 441 g/mol. The quantitative estimate of drug-likeness (QED) is 0.539. The summed E-state index contributed by atoms with van der Waals surface area (Å²) in [5, 5.41) is 4.38. The smallest absolute Gasteiger partial charge is 0.276 e. The standard InChI is InChI=1S/C22H19F3N4O4/c1-32-18-9-13(23)4-5-15(18)16-6-7-20(30)29(27-16)14-10-28(11-14)22(31)21-17(3-2-8-26-21)33-12-19(24)25/h2-9,14,19H,10-12H2,1H3. The molecule has 1 amide bonds. The maximum atomic E-state index is 13.5. The summed E-state index contributed by atoms with van der Waals surface area (Å²) in [6.07, 6.45) is -1.32. The Morgan fingerprint density at radius 3 is 2.70 bits per heavy atom. The van der Waals surface area contributed by atoms with Crippen molar-refractivity contribution in [2.24, 2.45) is 0 Å². The molecule has 11 heteroatoms. The van der Waals surface area contributed by atoms with Gasteiger partial charge in [-0.1, -0.05) is 0 Å². The van der Waals surface area contributed by atoms with Crippen molar-refractivity contribution >= 4 is 5.91 Å². The van der Waals surface area contributed by atoms with Crippen molar-refractivity contribution in [1.82, 2.24) is 19.7 Å². The predicted octanol–water partition coefficient (Wildman–Crippen LogP) is 2.79. The molecule has 4 rings (SSSR count). The largest absolute Gasteiger partial charge is 0.496 e. The Bertz CT molecular complexity index is 1230. The Morgan fingerprint density at radius 2 is 1.97 bits per heavy atom. The molecule has 1 aromatic carbocycles. The van der Waals surface area contributed by atoms with Crippen LogP contribution in [0.25, 0.3) is 11.3 Å². The number of ether oxygens (including phenoxy) is 2. The Labute approximate surface area is 186 Å². The van der Waals surface area contributed by atoms with Crippen LogP contribution in [-0.2, 0) is 0 Å². The molecule has 1 fully saturated rings. The van der Waals surface area contributed by atoms with E-state index >= 15 is 0 Å². The van der Waals surface area contributed by atoms with Gasteiger partial charge in [-0.2, -0.15) is 5.10 Å². The van der Waals surface area contributed by atoms with Crippen molar-refractivity contribution in [1.29, 1.82) is 0 Å². The maximum absolute atomic E-state index is 13.5. The van der Waals surface area contributed by atoms with Gasteiger partial charge in [-0.25, -0.2) is 22.8 Å². The predicted molar refractivity (Wildman–Crippen MR) is 111 cm³/mol. The number of halogens is 3. The first-order valence-corrected chi connectivity index (χ1v) is 9.96. The van der Waals surface area contributed by atoms with Crippen molar-refractivity contribution in [3.63, 3.8) is 0 Å². The number of alkyl halides is 2. The van der Waals surface area contributed by atoms with Gasteiger partial charge in [-0.15, -0.1) is 0 Å². The molecule has 1 aliphatic rings. The fourth-order valence-corrected chi connectivity index (χ4v) is 3.45. The minimum absolute atomic E-state index is 0.0352. The van der Waals surface area contributed by atoms with Crippen LogP contribution in [0.5, 0.6) is 11.5 Å². The van der Waals surface area contributed by atoms with Gasteiger partial charge in [0.15, 0.2) is 11.4 Å². The Hall–Kier alpha value is -3.89. The van der Waals surface area contributed by atoms with Gasteiger partial charge in [0.1, 0.15) is 18.2 Å². The summed E-state index contributed by atoms with van der Waals surface area (Å²) in [4.78, 5) is 30.6. The van der Waals surface area contributed by atoms with Gasteiger partial charge >= 0.3 is 0 Å². The SMILES string of the molecule is COc1cc(F)ccc1-c1ccc(=O)n(C2CN(C(=O)c3ncccc3OCC(F)F)C2)n1. The monoisotopic (exact) mass is 460 g/mol. The molecule has 0 radical (unpaired) electrons. The van der Waals surface area contributed by atoms with Gasteiger partial charge in [-0.05, 0) is 30.3 Å². The molecule has 0 atom stereocenters. The number of pyridine rings is 1. The first kappa shape index (κ1) is 22.3. The number of rotatable bonds is 7. The third-order valence-electron chi connectivity index (χ3n) is 5.10. The fraction of sp³-hybridized carbons (Fsp3) is 0.273. The number of hydrogen-bond donors (Lipinski definition) is 0. The first-order chi connectivity index (χ1) is 15.9. The summed E-state index contributed by atoms with van der Waals surface area (Å²) in [6, 6.07) is 9.31. The molecule has 1 saturated heterocycles.